The van der Waals surface area contributed by atoms with E-state index in [0.29, 0.717) is 30.3 Å². The Labute approximate surface area is 148 Å². The number of carbonyl (C=O) groups excluding carboxylic acids is 2. The number of benzene rings is 1. The molecule has 1 saturated carbocycles. The number of hydrogen-bond acceptors (Lipinski definition) is 4. The van der Waals surface area contributed by atoms with Crippen molar-refractivity contribution in [3.05, 3.63) is 29.8 Å². The van der Waals surface area contributed by atoms with Crippen LogP contribution in [-0.2, 0) is 4.79 Å². The fourth-order valence-electron chi connectivity index (χ4n) is 2.90. The van der Waals surface area contributed by atoms with E-state index >= 15 is 0 Å². The highest BCUT2D eigenvalue weighted by molar-refractivity contribution is 8.00. The fourth-order valence-corrected chi connectivity index (χ4v) is 3.78. The van der Waals surface area contributed by atoms with Gasteiger partial charge in [0.05, 0.1) is 11.3 Å². The van der Waals surface area contributed by atoms with Crippen LogP contribution in [0.4, 0.5) is 0 Å². The van der Waals surface area contributed by atoms with Gasteiger partial charge in [-0.15, -0.1) is 11.8 Å². The molecule has 24 heavy (non-hydrogen) atoms. The van der Waals surface area contributed by atoms with Crippen LogP contribution in [0.5, 0.6) is 0 Å². The third-order valence-electron chi connectivity index (χ3n) is 4.23. The highest BCUT2D eigenvalue weighted by Gasteiger charge is 2.15. The summed E-state index contributed by atoms with van der Waals surface area (Å²) in [6.45, 7) is 1.63. The summed E-state index contributed by atoms with van der Waals surface area (Å²) in [5.41, 5.74) is 6.01. The van der Waals surface area contributed by atoms with Crippen molar-refractivity contribution in [3.8, 4) is 0 Å². The minimum atomic E-state index is -0.147. The molecule has 0 radical (unpaired) electrons. The van der Waals surface area contributed by atoms with Gasteiger partial charge < -0.3 is 16.4 Å². The molecule has 0 bridgehead atoms. The Morgan fingerprint density at radius 3 is 2.62 bits per heavy atom. The topological polar surface area (TPSA) is 84.2 Å². The van der Waals surface area contributed by atoms with E-state index in [2.05, 4.69) is 10.6 Å². The van der Waals surface area contributed by atoms with Crippen LogP contribution in [0.15, 0.2) is 29.2 Å². The van der Waals surface area contributed by atoms with Crippen molar-refractivity contribution >= 4 is 23.6 Å². The standard InChI is InChI=1S/C18H27N3O2S/c19-10-11-20-18(23)15-8-4-5-9-16(15)24-13-17(22)21-12-14-6-2-1-3-7-14/h4-5,8-9,14H,1-3,6-7,10-13,19H2,(H,20,23)(H,21,22). The van der Waals surface area contributed by atoms with E-state index in [4.69, 9.17) is 5.73 Å². The predicted molar refractivity (Wildman–Crippen MR) is 98.1 cm³/mol. The van der Waals surface area contributed by atoms with Gasteiger partial charge in [0.15, 0.2) is 0 Å². The second-order valence-corrected chi connectivity index (χ2v) is 7.15. The average molecular weight is 350 g/mol. The molecule has 1 aliphatic carbocycles. The molecule has 0 spiro atoms. The van der Waals surface area contributed by atoms with Gasteiger partial charge in [0.1, 0.15) is 0 Å². The zero-order valence-electron chi connectivity index (χ0n) is 14.1. The molecule has 1 aromatic carbocycles. The van der Waals surface area contributed by atoms with Gasteiger partial charge in [-0.3, -0.25) is 9.59 Å². The first-order chi connectivity index (χ1) is 11.7. The Balaban J connectivity index is 1.80. The monoisotopic (exact) mass is 349 g/mol. The summed E-state index contributed by atoms with van der Waals surface area (Å²) in [7, 11) is 0. The van der Waals surface area contributed by atoms with Crippen molar-refractivity contribution in [1.82, 2.24) is 10.6 Å². The lowest BCUT2D eigenvalue weighted by molar-refractivity contribution is -0.118. The fraction of sp³-hybridized carbons (Fsp3) is 0.556. The first-order valence-electron chi connectivity index (χ1n) is 8.67. The molecule has 0 unspecified atom stereocenters. The van der Waals surface area contributed by atoms with Gasteiger partial charge >= 0.3 is 0 Å². The number of rotatable bonds is 8. The minimum Gasteiger partial charge on any atom is -0.355 e. The van der Waals surface area contributed by atoms with E-state index < -0.39 is 0 Å². The molecule has 0 aliphatic heterocycles. The second kappa shape index (κ2) is 10.4. The Hall–Kier alpha value is -1.53. The van der Waals surface area contributed by atoms with Gasteiger partial charge in [0.2, 0.25) is 5.91 Å². The molecule has 1 fully saturated rings. The second-order valence-electron chi connectivity index (χ2n) is 6.14. The average Bonchev–Trinajstić information content (AvgIpc) is 2.63. The van der Waals surface area contributed by atoms with Gasteiger partial charge in [-0.1, -0.05) is 31.4 Å². The maximum Gasteiger partial charge on any atom is 0.252 e. The van der Waals surface area contributed by atoms with Crippen molar-refractivity contribution in [3.63, 3.8) is 0 Å². The van der Waals surface area contributed by atoms with Crippen molar-refractivity contribution in [2.24, 2.45) is 11.7 Å². The molecule has 132 valence electrons. The molecule has 0 atom stereocenters. The summed E-state index contributed by atoms with van der Waals surface area (Å²) in [6.07, 6.45) is 6.32. The molecule has 0 aromatic heterocycles. The van der Waals surface area contributed by atoms with Gasteiger partial charge in [0.25, 0.3) is 5.91 Å². The number of carbonyl (C=O) groups is 2. The molecular formula is C18H27N3O2S. The van der Waals surface area contributed by atoms with Crippen molar-refractivity contribution in [1.29, 1.82) is 0 Å². The van der Waals surface area contributed by atoms with Crippen molar-refractivity contribution in [2.45, 2.75) is 37.0 Å². The van der Waals surface area contributed by atoms with E-state index in [1.54, 1.807) is 6.07 Å². The number of thioether (sulfide) groups is 1. The molecule has 6 heteroatoms. The largest absolute Gasteiger partial charge is 0.355 e. The summed E-state index contributed by atoms with van der Waals surface area (Å²) in [5.74, 6) is 0.837. The lowest BCUT2D eigenvalue weighted by Crippen LogP contribution is -2.31. The maximum absolute atomic E-state index is 12.1. The van der Waals surface area contributed by atoms with E-state index in [1.165, 1.54) is 43.9 Å². The van der Waals surface area contributed by atoms with E-state index in [9.17, 15) is 9.59 Å². The van der Waals surface area contributed by atoms with E-state index in [1.807, 2.05) is 18.2 Å². The van der Waals surface area contributed by atoms with E-state index in [-0.39, 0.29) is 11.8 Å². The minimum absolute atomic E-state index is 0.0303. The summed E-state index contributed by atoms with van der Waals surface area (Å²) < 4.78 is 0. The third-order valence-corrected chi connectivity index (χ3v) is 5.31. The Morgan fingerprint density at radius 1 is 1.12 bits per heavy atom. The number of nitrogens with one attached hydrogen (secondary N) is 2. The smallest absolute Gasteiger partial charge is 0.252 e. The molecule has 4 N–H and O–H groups in total. The third kappa shape index (κ3) is 6.17. The Morgan fingerprint density at radius 2 is 1.88 bits per heavy atom. The normalized spacial score (nSPS) is 15.0. The summed E-state index contributed by atoms with van der Waals surface area (Å²) in [6, 6.07) is 7.34. The van der Waals surface area contributed by atoms with Crippen LogP contribution >= 0.6 is 11.8 Å². The quantitative estimate of drug-likeness (QED) is 0.628. The van der Waals surface area contributed by atoms with Crippen LogP contribution in [0.3, 0.4) is 0 Å². The Bertz CT molecular complexity index is 545. The highest BCUT2D eigenvalue weighted by atomic mass is 32.2. The SMILES string of the molecule is NCCNC(=O)c1ccccc1SCC(=O)NCC1CCCCC1. The van der Waals surface area contributed by atoms with Gasteiger partial charge in [0, 0.05) is 24.5 Å². The predicted octanol–water partition coefficient (Wildman–Crippen LogP) is 2.16. The first-order valence-corrected chi connectivity index (χ1v) is 9.66. The molecule has 2 rings (SSSR count). The van der Waals surface area contributed by atoms with Crippen LogP contribution in [-0.4, -0.2) is 37.2 Å². The van der Waals surface area contributed by atoms with Crippen molar-refractivity contribution in [2.75, 3.05) is 25.4 Å². The van der Waals surface area contributed by atoms with Gasteiger partial charge in [-0.25, -0.2) is 0 Å². The lowest BCUT2D eigenvalue weighted by Gasteiger charge is -2.21. The molecule has 0 saturated heterocycles. The van der Waals surface area contributed by atoms with Gasteiger partial charge in [-0.05, 0) is 30.9 Å². The number of nitrogens with two attached hydrogens (primary N) is 1. The maximum atomic E-state index is 12.1. The first kappa shape index (κ1) is 18.8. The molecule has 5 nitrogen and oxygen atoms in total. The van der Waals surface area contributed by atoms with Crippen LogP contribution in [0.2, 0.25) is 0 Å². The molecule has 1 aromatic rings. The van der Waals surface area contributed by atoms with Crippen LogP contribution in [0, 0.1) is 5.92 Å². The zero-order chi connectivity index (χ0) is 17.2. The Kier molecular flexibility index (Phi) is 8.12. The summed E-state index contributed by atoms with van der Waals surface area (Å²) in [5, 5.41) is 5.80. The molecule has 2 amide bonds. The van der Waals surface area contributed by atoms with Gasteiger partial charge in [-0.2, -0.15) is 0 Å². The molecule has 0 heterocycles. The highest BCUT2D eigenvalue weighted by Crippen LogP contribution is 2.24. The summed E-state index contributed by atoms with van der Waals surface area (Å²) in [4.78, 5) is 25.0. The summed E-state index contributed by atoms with van der Waals surface area (Å²) >= 11 is 1.40. The van der Waals surface area contributed by atoms with Crippen LogP contribution in [0.1, 0.15) is 42.5 Å². The van der Waals surface area contributed by atoms with Crippen LogP contribution in [0.25, 0.3) is 0 Å². The lowest BCUT2D eigenvalue weighted by atomic mass is 9.89. The number of hydrogen-bond donors (Lipinski definition) is 3. The van der Waals surface area contributed by atoms with Crippen molar-refractivity contribution < 1.29 is 9.59 Å². The van der Waals surface area contributed by atoms with E-state index in [0.717, 1.165) is 11.4 Å². The molecular weight excluding hydrogens is 322 g/mol. The zero-order valence-corrected chi connectivity index (χ0v) is 14.9. The molecule has 1 aliphatic rings. The number of amides is 2. The van der Waals surface area contributed by atoms with Crippen LogP contribution < -0.4 is 16.4 Å².